The highest BCUT2D eigenvalue weighted by Crippen LogP contribution is 2.35. The SMILES string of the molecule is COc1ccccc1C(=S)NCC1(c2ccccc2)CCN(S(N)(=O)=O)CC1. The molecule has 6 nitrogen and oxygen atoms in total. The number of hydrogen-bond acceptors (Lipinski definition) is 4. The lowest BCUT2D eigenvalue weighted by molar-refractivity contribution is 0.233. The van der Waals surface area contributed by atoms with Crippen molar-refractivity contribution >= 4 is 27.4 Å². The summed E-state index contributed by atoms with van der Waals surface area (Å²) in [6, 6.07) is 17.8. The van der Waals surface area contributed by atoms with Crippen molar-refractivity contribution in [1.29, 1.82) is 0 Å². The number of hydrogen-bond donors (Lipinski definition) is 2. The quantitative estimate of drug-likeness (QED) is 0.701. The van der Waals surface area contributed by atoms with E-state index in [-0.39, 0.29) is 5.41 Å². The standard InChI is InChI=1S/C20H25N3O3S2/c1-26-18-10-6-5-9-17(18)19(27)22-15-20(16-7-3-2-4-8-16)11-13-23(14-12-20)28(21,24)25/h2-10H,11-15H2,1H3,(H,22,27)(H2,21,24,25). The fourth-order valence-corrected chi connectivity index (χ4v) is 4.64. The summed E-state index contributed by atoms with van der Waals surface area (Å²) in [6.45, 7) is 1.38. The van der Waals surface area contributed by atoms with Crippen molar-refractivity contribution in [3.8, 4) is 5.75 Å². The minimum atomic E-state index is -3.67. The Hall–Kier alpha value is -2.00. The van der Waals surface area contributed by atoms with Crippen molar-refractivity contribution in [2.75, 3.05) is 26.7 Å². The molecule has 2 aromatic rings. The zero-order valence-electron chi connectivity index (χ0n) is 15.8. The van der Waals surface area contributed by atoms with Crippen LogP contribution in [0.1, 0.15) is 24.0 Å². The van der Waals surface area contributed by atoms with Crippen molar-refractivity contribution in [1.82, 2.24) is 9.62 Å². The van der Waals surface area contributed by atoms with Crippen molar-refractivity contribution in [2.24, 2.45) is 5.14 Å². The van der Waals surface area contributed by atoms with E-state index in [0.29, 0.717) is 37.5 Å². The molecule has 28 heavy (non-hydrogen) atoms. The molecule has 3 rings (SSSR count). The smallest absolute Gasteiger partial charge is 0.276 e. The van der Waals surface area contributed by atoms with Gasteiger partial charge in [0.15, 0.2) is 0 Å². The number of nitrogens with two attached hydrogens (primary N) is 1. The van der Waals surface area contributed by atoms with Crippen molar-refractivity contribution in [3.63, 3.8) is 0 Å². The predicted molar refractivity (Wildman–Crippen MR) is 115 cm³/mol. The summed E-state index contributed by atoms with van der Waals surface area (Å²) in [5.41, 5.74) is 1.78. The maximum Gasteiger partial charge on any atom is 0.276 e. The highest BCUT2D eigenvalue weighted by molar-refractivity contribution is 7.86. The first-order valence-corrected chi connectivity index (χ1v) is 11.0. The minimum Gasteiger partial charge on any atom is -0.496 e. The molecular weight excluding hydrogens is 394 g/mol. The lowest BCUT2D eigenvalue weighted by Gasteiger charge is -2.41. The van der Waals surface area contributed by atoms with Crippen molar-refractivity contribution in [2.45, 2.75) is 18.3 Å². The van der Waals surface area contributed by atoms with Gasteiger partial charge in [0.25, 0.3) is 10.2 Å². The van der Waals surface area contributed by atoms with E-state index >= 15 is 0 Å². The molecule has 1 aliphatic rings. The molecule has 1 aliphatic heterocycles. The summed E-state index contributed by atoms with van der Waals surface area (Å²) in [4.78, 5) is 0.613. The highest BCUT2D eigenvalue weighted by atomic mass is 32.2. The molecule has 0 atom stereocenters. The van der Waals surface area contributed by atoms with Gasteiger partial charge in [0, 0.05) is 25.0 Å². The van der Waals surface area contributed by atoms with Crippen LogP contribution in [-0.4, -0.2) is 44.5 Å². The Bertz CT molecular complexity index is 925. The summed E-state index contributed by atoms with van der Waals surface area (Å²) in [6.07, 6.45) is 1.32. The van der Waals surface area contributed by atoms with Crippen LogP contribution in [0.25, 0.3) is 0 Å². The Labute approximate surface area is 171 Å². The van der Waals surface area contributed by atoms with Crippen LogP contribution in [0.5, 0.6) is 5.75 Å². The summed E-state index contributed by atoms with van der Waals surface area (Å²) in [5.74, 6) is 0.720. The van der Waals surface area contributed by atoms with E-state index in [0.717, 1.165) is 11.3 Å². The van der Waals surface area contributed by atoms with Gasteiger partial charge in [-0.2, -0.15) is 12.7 Å². The van der Waals surface area contributed by atoms with Crippen LogP contribution in [0, 0.1) is 0 Å². The summed E-state index contributed by atoms with van der Waals surface area (Å²) >= 11 is 5.61. The first-order chi connectivity index (χ1) is 13.4. The number of benzene rings is 2. The van der Waals surface area contributed by atoms with Crippen LogP contribution >= 0.6 is 12.2 Å². The number of nitrogens with one attached hydrogen (secondary N) is 1. The first-order valence-electron chi connectivity index (χ1n) is 9.10. The third-order valence-electron chi connectivity index (χ3n) is 5.36. The number of nitrogens with zero attached hydrogens (tertiary/aromatic N) is 1. The monoisotopic (exact) mass is 419 g/mol. The van der Waals surface area contributed by atoms with Crippen LogP contribution in [0.15, 0.2) is 54.6 Å². The average Bonchev–Trinajstić information content (AvgIpc) is 2.72. The molecular formula is C20H25N3O3S2. The number of methoxy groups -OCH3 is 1. The van der Waals surface area contributed by atoms with Crippen LogP contribution in [0.3, 0.4) is 0 Å². The minimum absolute atomic E-state index is 0.228. The Morgan fingerprint density at radius 1 is 1.14 bits per heavy atom. The zero-order chi connectivity index (χ0) is 20.2. The van der Waals surface area contributed by atoms with E-state index in [2.05, 4.69) is 17.4 Å². The third kappa shape index (κ3) is 4.52. The Morgan fingerprint density at radius 3 is 2.36 bits per heavy atom. The molecule has 150 valence electrons. The van der Waals surface area contributed by atoms with Crippen LogP contribution in [-0.2, 0) is 15.6 Å². The first kappa shape index (κ1) is 20.7. The van der Waals surface area contributed by atoms with Gasteiger partial charge in [0.05, 0.1) is 12.7 Å². The van der Waals surface area contributed by atoms with Crippen LogP contribution in [0.4, 0.5) is 0 Å². The van der Waals surface area contributed by atoms with Crippen molar-refractivity contribution in [3.05, 3.63) is 65.7 Å². The largest absolute Gasteiger partial charge is 0.496 e. The molecule has 1 fully saturated rings. The molecule has 3 N–H and O–H groups in total. The molecule has 1 saturated heterocycles. The maximum atomic E-state index is 11.7. The topological polar surface area (TPSA) is 84.7 Å². The van der Waals surface area contributed by atoms with E-state index < -0.39 is 10.2 Å². The van der Waals surface area contributed by atoms with Gasteiger partial charge in [-0.1, -0.05) is 54.7 Å². The molecule has 8 heteroatoms. The zero-order valence-corrected chi connectivity index (χ0v) is 17.4. The van der Waals surface area contributed by atoms with Gasteiger partial charge in [-0.3, -0.25) is 0 Å². The van der Waals surface area contributed by atoms with E-state index in [4.69, 9.17) is 22.1 Å². The molecule has 1 heterocycles. The van der Waals surface area contributed by atoms with Gasteiger partial charge in [0.2, 0.25) is 0 Å². The number of para-hydroxylation sites is 1. The molecule has 0 amide bonds. The van der Waals surface area contributed by atoms with Crippen molar-refractivity contribution < 1.29 is 13.2 Å². The fraction of sp³-hybridized carbons (Fsp3) is 0.350. The van der Waals surface area contributed by atoms with E-state index in [1.165, 1.54) is 9.87 Å². The van der Waals surface area contributed by atoms with Gasteiger partial charge in [-0.15, -0.1) is 0 Å². The van der Waals surface area contributed by atoms with Gasteiger partial charge >= 0.3 is 0 Å². The highest BCUT2D eigenvalue weighted by Gasteiger charge is 2.38. The number of rotatable bonds is 6. The third-order valence-corrected chi connectivity index (χ3v) is 6.81. The van der Waals surface area contributed by atoms with Gasteiger partial charge in [-0.25, -0.2) is 5.14 Å². The molecule has 0 aromatic heterocycles. The Morgan fingerprint density at radius 2 is 1.75 bits per heavy atom. The van der Waals surface area contributed by atoms with Gasteiger partial charge in [0.1, 0.15) is 10.7 Å². The summed E-state index contributed by atoms with van der Waals surface area (Å²) < 4.78 is 30.2. The summed E-state index contributed by atoms with van der Waals surface area (Å²) in [7, 11) is -2.05. The molecule has 2 aromatic carbocycles. The van der Waals surface area contributed by atoms with Crippen LogP contribution < -0.4 is 15.2 Å². The van der Waals surface area contributed by atoms with E-state index in [1.54, 1.807) is 7.11 Å². The van der Waals surface area contributed by atoms with Crippen LogP contribution in [0.2, 0.25) is 0 Å². The maximum absolute atomic E-state index is 11.7. The lowest BCUT2D eigenvalue weighted by atomic mass is 9.73. The molecule has 0 unspecified atom stereocenters. The lowest BCUT2D eigenvalue weighted by Crippen LogP contribution is -2.51. The summed E-state index contributed by atoms with van der Waals surface area (Å²) in [5, 5.41) is 8.70. The molecule has 0 bridgehead atoms. The Kier molecular flexibility index (Phi) is 6.34. The van der Waals surface area contributed by atoms with Gasteiger partial charge in [-0.05, 0) is 30.5 Å². The fourth-order valence-electron chi connectivity index (χ4n) is 3.70. The van der Waals surface area contributed by atoms with E-state index in [1.807, 2.05) is 42.5 Å². The average molecular weight is 420 g/mol. The Balaban J connectivity index is 1.81. The number of thiocarbonyl (C=S) groups is 1. The normalized spacial score (nSPS) is 17.1. The predicted octanol–water partition coefficient (Wildman–Crippen LogP) is 2.20. The second kappa shape index (κ2) is 8.57. The van der Waals surface area contributed by atoms with Gasteiger partial charge < -0.3 is 10.1 Å². The van der Waals surface area contributed by atoms with E-state index in [9.17, 15) is 8.42 Å². The number of ether oxygens (including phenoxy) is 1. The molecule has 0 aliphatic carbocycles. The molecule has 0 saturated carbocycles. The molecule has 0 radical (unpaired) electrons. The second-order valence-corrected chi connectivity index (χ2v) is 8.93. The number of piperidine rings is 1. The molecule has 0 spiro atoms. The second-order valence-electron chi connectivity index (χ2n) is 6.97.